The fourth-order valence-electron chi connectivity index (χ4n) is 4.80. The second kappa shape index (κ2) is 10.0. The zero-order valence-corrected chi connectivity index (χ0v) is 21.1. The lowest BCUT2D eigenvalue weighted by atomic mass is 9.93. The number of rotatable bonds is 4. The van der Waals surface area contributed by atoms with Gasteiger partial charge in [0.2, 0.25) is 0 Å². The number of nitrogens with one attached hydrogen (secondary N) is 1. The lowest BCUT2D eigenvalue weighted by Gasteiger charge is -2.31. The summed E-state index contributed by atoms with van der Waals surface area (Å²) in [5.41, 5.74) is 2.94. The van der Waals surface area contributed by atoms with Gasteiger partial charge in [-0.1, -0.05) is 23.2 Å². The number of carbonyl (C=O) groups excluding carboxylic acids is 3. The van der Waals surface area contributed by atoms with E-state index in [1.54, 1.807) is 11.8 Å². The Morgan fingerprint density at radius 1 is 1.14 bits per heavy atom. The monoisotopic (exact) mass is 541 g/mol. The normalized spacial score (nSPS) is 18.4. The molecule has 1 fully saturated rings. The zero-order valence-electron chi connectivity index (χ0n) is 19.6. The maximum Gasteiger partial charge on any atom is 0.416 e. The summed E-state index contributed by atoms with van der Waals surface area (Å²) in [6.07, 6.45) is -1.82. The van der Waals surface area contributed by atoms with Crippen LogP contribution in [0.5, 0.6) is 0 Å². The number of anilines is 1. The number of benzene rings is 2. The highest BCUT2D eigenvalue weighted by Gasteiger charge is 2.38. The van der Waals surface area contributed by atoms with Gasteiger partial charge < -0.3 is 9.69 Å². The molecule has 11 heteroatoms. The predicted octanol–water partition coefficient (Wildman–Crippen LogP) is 5.99. The molecule has 6 nitrogen and oxygen atoms in total. The number of piperidine rings is 1. The third kappa shape index (κ3) is 4.84. The van der Waals surface area contributed by atoms with Crippen molar-refractivity contribution in [3.05, 3.63) is 62.1 Å². The molecule has 36 heavy (non-hydrogen) atoms. The number of halogens is 5. The maximum atomic E-state index is 13.6. The SMILES string of the molecule is Cc1cc(C(F)(F)F)cc2c1N(C(=O)c1c(Cl)ccc(C(=O)N3CCC(CC=O)CC3)c1Cl)NC2C. The first-order chi connectivity index (χ1) is 16.9. The maximum absolute atomic E-state index is 13.6. The molecule has 0 spiro atoms. The average Bonchev–Trinajstić information content (AvgIpc) is 3.16. The molecule has 1 saturated heterocycles. The molecule has 2 amide bonds. The molecule has 0 radical (unpaired) electrons. The molecule has 4 rings (SSSR count). The van der Waals surface area contributed by atoms with E-state index in [0.29, 0.717) is 43.6 Å². The fourth-order valence-corrected chi connectivity index (χ4v) is 5.41. The van der Waals surface area contributed by atoms with Crippen LogP contribution in [-0.4, -0.2) is 36.1 Å². The molecule has 0 aromatic heterocycles. The van der Waals surface area contributed by atoms with Crippen molar-refractivity contribution < 1.29 is 27.6 Å². The van der Waals surface area contributed by atoms with Crippen LogP contribution in [0.2, 0.25) is 10.0 Å². The highest BCUT2D eigenvalue weighted by atomic mass is 35.5. The van der Waals surface area contributed by atoms with E-state index < -0.39 is 23.7 Å². The van der Waals surface area contributed by atoms with Crippen LogP contribution in [0.15, 0.2) is 24.3 Å². The number of amides is 2. The molecule has 2 aliphatic rings. The number of alkyl halides is 3. The summed E-state index contributed by atoms with van der Waals surface area (Å²) in [6.45, 7) is 4.05. The molecule has 1 N–H and O–H groups in total. The largest absolute Gasteiger partial charge is 0.416 e. The average molecular weight is 542 g/mol. The summed E-state index contributed by atoms with van der Waals surface area (Å²) in [6, 6.07) is 4.28. The minimum absolute atomic E-state index is 0.0127. The Balaban J connectivity index is 1.66. The number of carbonyl (C=O) groups is 3. The van der Waals surface area contributed by atoms with Crippen molar-refractivity contribution in [2.75, 3.05) is 18.1 Å². The Labute approximate surface area is 216 Å². The second-order valence-corrected chi connectivity index (χ2v) is 9.93. The number of hydrogen-bond donors (Lipinski definition) is 1. The molecule has 0 aliphatic carbocycles. The minimum Gasteiger partial charge on any atom is -0.339 e. The first-order valence-electron chi connectivity index (χ1n) is 11.5. The van der Waals surface area contributed by atoms with E-state index in [1.807, 2.05) is 0 Å². The summed E-state index contributed by atoms with van der Waals surface area (Å²) < 4.78 is 40.0. The third-order valence-electron chi connectivity index (χ3n) is 6.74. The van der Waals surface area contributed by atoms with Crippen LogP contribution in [0.3, 0.4) is 0 Å². The second-order valence-electron chi connectivity index (χ2n) is 9.14. The van der Waals surface area contributed by atoms with Crippen LogP contribution in [-0.2, 0) is 11.0 Å². The van der Waals surface area contributed by atoms with Crippen LogP contribution in [0.25, 0.3) is 0 Å². The lowest BCUT2D eigenvalue weighted by molar-refractivity contribution is -0.137. The number of hydrazine groups is 1. The highest BCUT2D eigenvalue weighted by Crippen LogP contribution is 2.42. The molecule has 2 aliphatic heterocycles. The van der Waals surface area contributed by atoms with Crippen LogP contribution < -0.4 is 10.4 Å². The molecule has 1 unspecified atom stereocenters. The molecule has 192 valence electrons. The number of nitrogens with zero attached hydrogens (tertiary/aromatic N) is 2. The Kier molecular flexibility index (Phi) is 7.37. The van der Waals surface area contributed by atoms with Gasteiger partial charge >= 0.3 is 6.18 Å². The van der Waals surface area contributed by atoms with Gasteiger partial charge in [0, 0.05) is 19.5 Å². The van der Waals surface area contributed by atoms with Gasteiger partial charge in [-0.25, -0.2) is 10.4 Å². The molecule has 0 saturated carbocycles. The van der Waals surface area contributed by atoms with E-state index in [-0.39, 0.29) is 38.6 Å². The highest BCUT2D eigenvalue weighted by molar-refractivity contribution is 6.42. The molecule has 2 heterocycles. The number of aryl methyl sites for hydroxylation is 1. The molecular weight excluding hydrogens is 518 g/mol. The number of fused-ring (bicyclic) bond motifs is 1. The summed E-state index contributed by atoms with van der Waals surface area (Å²) in [5, 5.41) is 1.03. The lowest BCUT2D eigenvalue weighted by Crippen LogP contribution is -2.41. The minimum atomic E-state index is -4.53. The van der Waals surface area contributed by atoms with E-state index in [9.17, 15) is 27.6 Å². The first-order valence-corrected chi connectivity index (χ1v) is 12.2. The van der Waals surface area contributed by atoms with Crippen LogP contribution in [0, 0.1) is 12.8 Å². The number of aldehydes is 1. The van der Waals surface area contributed by atoms with Crippen molar-refractivity contribution in [3.8, 4) is 0 Å². The van der Waals surface area contributed by atoms with Crippen molar-refractivity contribution in [1.82, 2.24) is 10.3 Å². The van der Waals surface area contributed by atoms with Gasteiger partial charge in [-0.3, -0.25) is 9.59 Å². The fraction of sp³-hybridized carbons (Fsp3) is 0.400. The zero-order chi connectivity index (χ0) is 26.4. The van der Waals surface area contributed by atoms with Gasteiger partial charge in [0.25, 0.3) is 11.8 Å². The smallest absolute Gasteiger partial charge is 0.339 e. The van der Waals surface area contributed by atoms with E-state index in [1.165, 1.54) is 19.1 Å². The first kappa shape index (κ1) is 26.4. The Hall–Kier alpha value is -2.62. The van der Waals surface area contributed by atoms with Gasteiger partial charge in [-0.05, 0) is 68.0 Å². The molecule has 2 aromatic rings. The van der Waals surface area contributed by atoms with Gasteiger partial charge in [0.1, 0.15) is 6.29 Å². The quantitative estimate of drug-likeness (QED) is 0.483. The van der Waals surface area contributed by atoms with Crippen molar-refractivity contribution in [2.45, 2.75) is 45.3 Å². The summed E-state index contributed by atoms with van der Waals surface area (Å²) in [7, 11) is 0. The Morgan fingerprint density at radius 3 is 2.42 bits per heavy atom. The standard InChI is InChI=1S/C25H24Cl2F3N3O3/c1-13-11-16(25(28,29)30)12-18-14(2)31-33(22(13)18)24(36)20-19(26)4-3-17(21(20)27)23(35)32-8-5-15(6-9-32)7-10-34/h3-4,10-12,14-15,31H,5-9H2,1-2H3. The summed E-state index contributed by atoms with van der Waals surface area (Å²) in [4.78, 5) is 39.2. The predicted molar refractivity (Wildman–Crippen MR) is 130 cm³/mol. The van der Waals surface area contributed by atoms with E-state index in [0.717, 1.165) is 23.4 Å². The van der Waals surface area contributed by atoms with E-state index in [4.69, 9.17) is 23.2 Å². The number of likely N-dealkylation sites (tertiary alicyclic amines) is 1. The Morgan fingerprint density at radius 2 is 1.81 bits per heavy atom. The molecule has 0 bridgehead atoms. The van der Waals surface area contributed by atoms with Crippen molar-refractivity contribution in [2.24, 2.45) is 5.92 Å². The van der Waals surface area contributed by atoms with E-state index >= 15 is 0 Å². The van der Waals surface area contributed by atoms with Gasteiger partial charge in [-0.2, -0.15) is 13.2 Å². The summed E-state index contributed by atoms with van der Waals surface area (Å²) >= 11 is 12.9. The topological polar surface area (TPSA) is 69.7 Å². The Bertz CT molecular complexity index is 1230. The van der Waals surface area contributed by atoms with Crippen LogP contribution in [0.1, 0.15) is 69.6 Å². The van der Waals surface area contributed by atoms with E-state index in [2.05, 4.69) is 5.43 Å². The van der Waals surface area contributed by atoms with Crippen LogP contribution >= 0.6 is 23.2 Å². The van der Waals surface area contributed by atoms with Crippen LogP contribution in [0.4, 0.5) is 18.9 Å². The van der Waals surface area contributed by atoms with Gasteiger partial charge in [-0.15, -0.1) is 0 Å². The molecule has 2 aromatic carbocycles. The van der Waals surface area contributed by atoms with Crippen molar-refractivity contribution >= 4 is 47.0 Å². The van der Waals surface area contributed by atoms with Crippen molar-refractivity contribution in [1.29, 1.82) is 0 Å². The van der Waals surface area contributed by atoms with Gasteiger partial charge in [0.05, 0.1) is 38.5 Å². The summed E-state index contributed by atoms with van der Waals surface area (Å²) in [5.74, 6) is -0.809. The van der Waals surface area contributed by atoms with Gasteiger partial charge in [0.15, 0.2) is 0 Å². The number of hydrogen-bond acceptors (Lipinski definition) is 4. The molecule has 1 atom stereocenters. The molecular formula is C25H24Cl2F3N3O3. The third-order valence-corrected chi connectivity index (χ3v) is 7.45. The van der Waals surface area contributed by atoms with Crippen molar-refractivity contribution in [3.63, 3.8) is 0 Å².